The molecule has 0 aliphatic carbocycles. The van der Waals surface area contributed by atoms with Crippen molar-refractivity contribution in [3.05, 3.63) is 53.6 Å². The van der Waals surface area contributed by atoms with Crippen molar-refractivity contribution in [1.29, 1.82) is 0 Å². The fourth-order valence-electron chi connectivity index (χ4n) is 3.48. The minimum atomic E-state index is -0.365. The van der Waals surface area contributed by atoms with Gasteiger partial charge in [0.25, 0.3) is 0 Å². The second kappa shape index (κ2) is 8.78. The Morgan fingerprint density at radius 2 is 1.89 bits per heavy atom. The van der Waals surface area contributed by atoms with E-state index in [2.05, 4.69) is 5.32 Å². The second-order valence-corrected chi connectivity index (χ2v) is 7.00. The zero-order valence-electron chi connectivity index (χ0n) is 16.5. The Hall–Kier alpha value is -3.02. The van der Waals surface area contributed by atoms with Crippen LogP contribution in [0, 0.1) is 12.8 Å². The van der Waals surface area contributed by atoms with Gasteiger partial charge in [-0.1, -0.05) is 24.3 Å². The number of nitrogens with one attached hydrogen (secondary N) is 1. The molecule has 28 heavy (non-hydrogen) atoms. The van der Waals surface area contributed by atoms with Crippen LogP contribution >= 0.6 is 0 Å². The number of likely N-dealkylation sites (tertiary alicyclic amines) is 1. The third kappa shape index (κ3) is 4.44. The number of anilines is 1. The molecule has 1 atom stereocenters. The summed E-state index contributed by atoms with van der Waals surface area (Å²) >= 11 is 0. The van der Waals surface area contributed by atoms with Crippen molar-refractivity contribution in [2.75, 3.05) is 32.6 Å². The van der Waals surface area contributed by atoms with Gasteiger partial charge in [-0.3, -0.25) is 9.59 Å². The smallest absolute Gasteiger partial charge is 0.229 e. The third-order valence-electron chi connectivity index (χ3n) is 5.04. The van der Waals surface area contributed by atoms with Crippen molar-refractivity contribution >= 4 is 17.5 Å². The number of carbonyl (C=O) groups is 2. The molecule has 2 aromatic rings. The van der Waals surface area contributed by atoms with Crippen LogP contribution in [0.15, 0.2) is 42.5 Å². The summed E-state index contributed by atoms with van der Waals surface area (Å²) in [7, 11) is 3.21. The van der Waals surface area contributed by atoms with E-state index < -0.39 is 0 Å². The Balaban J connectivity index is 1.61. The second-order valence-electron chi connectivity index (χ2n) is 7.00. The van der Waals surface area contributed by atoms with E-state index in [1.165, 1.54) is 0 Å². The summed E-state index contributed by atoms with van der Waals surface area (Å²) in [5, 5.41) is 2.91. The van der Waals surface area contributed by atoms with E-state index in [0.717, 1.165) is 16.9 Å². The van der Waals surface area contributed by atoms with Crippen LogP contribution in [0.25, 0.3) is 0 Å². The van der Waals surface area contributed by atoms with Gasteiger partial charge in [-0.05, 0) is 42.7 Å². The minimum absolute atomic E-state index is 0.00579. The van der Waals surface area contributed by atoms with E-state index in [9.17, 15) is 9.59 Å². The Bertz CT molecular complexity index is 865. The fourth-order valence-corrected chi connectivity index (χ4v) is 3.48. The topological polar surface area (TPSA) is 67.9 Å². The van der Waals surface area contributed by atoms with Gasteiger partial charge in [-0.2, -0.15) is 0 Å². The molecular weight excluding hydrogens is 356 g/mol. The number of hydrogen-bond acceptors (Lipinski definition) is 4. The lowest BCUT2D eigenvalue weighted by molar-refractivity contribution is -0.128. The molecule has 1 aliphatic heterocycles. The molecule has 2 aromatic carbocycles. The highest BCUT2D eigenvalue weighted by molar-refractivity contribution is 5.98. The van der Waals surface area contributed by atoms with Crippen LogP contribution < -0.4 is 14.8 Å². The number of benzene rings is 2. The van der Waals surface area contributed by atoms with Crippen molar-refractivity contribution < 1.29 is 19.1 Å². The van der Waals surface area contributed by atoms with Crippen molar-refractivity contribution in [2.45, 2.75) is 19.8 Å². The third-order valence-corrected chi connectivity index (χ3v) is 5.04. The van der Waals surface area contributed by atoms with Crippen molar-refractivity contribution in [2.24, 2.45) is 5.92 Å². The number of carbonyl (C=O) groups excluding carboxylic acids is 2. The SMILES string of the molecule is COc1ccccc1CCN1CC(C(=O)Nc2cc(C)ccc2OC)CC1=O. The van der Waals surface area contributed by atoms with E-state index in [1.54, 1.807) is 19.1 Å². The molecule has 0 spiro atoms. The van der Waals surface area contributed by atoms with Crippen molar-refractivity contribution in [3.63, 3.8) is 0 Å². The van der Waals surface area contributed by atoms with Gasteiger partial charge in [-0.25, -0.2) is 0 Å². The van der Waals surface area contributed by atoms with E-state index in [-0.39, 0.29) is 24.2 Å². The number of rotatable bonds is 7. The first-order valence-corrected chi connectivity index (χ1v) is 9.37. The van der Waals surface area contributed by atoms with Gasteiger partial charge >= 0.3 is 0 Å². The molecule has 1 saturated heterocycles. The van der Waals surface area contributed by atoms with Crippen LogP contribution in [0.3, 0.4) is 0 Å². The van der Waals surface area contributed by atoms with Crippen LogP contribution in [0.2, 0.25) is 0 Å². The molecule has 1 unspecified atom stereocenters. The molecule has 0 bridgehead atoms. The molecule has 3 rings (SSSR count). The average molecular weight is 382 g/mol. The normalized spacial score (nSPS) is 16.2. The fraction of sp³-hybridized carbons (Fsp3) is 0.364. The predicted molar refractivity (Wildman–Crippen MR) is 108 cm³/mol. The molecule has 0 radical (unpaired) electrons. The van der Waals surface area contributed by atoms with Crippen molar-refractivity contribution in [1.82, 2.24) is 4.90 Å². The van der Waals surface area contributed by atoms with E-state index in [0.29, 0.717) is 30.9 Å². The van der Waals surface area contributed by atoms with Gasteiger partial charge in [0.2, 0.25) is 11.8 Å². The Morgan fingerprint density at radius 3 is 2.64 bits per heavy atom. The van der Waals surface area contributed by atoms with Gasteiger partial charge in [-0.15, -0.1) is 0 Å². The highest BCUT2D eigenvalue weighted by atomic mass is 16.5. The van der Waals surface area contributed by atoms with Gasteiger partial charge in [0.05, 0.1) is 25.8 Å². The molecule has 1 aliphatic rings. The summed E-state index contributed by atoms with van der Waals surface area (Å²) in [6.45, 7) is 2.94. The van der Waals surface area contributed by atoms with Crippen molar-refractivity contribution in [3.8, 4) is 11.5 Å². The summed E-state index contributed by atoms with van der Waals surface area (Å²) in [5.74, 6) is 0.907. The molecule has 0 aromatic heterocycles. The largest absolute Gasteiger partial charge is 0.496 e. The number of hydrogen-bond donors (Lipinski definition) is 1. The zero-order chi connectivity index (χ0) is 20.1. The highest BCUT2D eigenvalue weighted by Gasteiger charge is 2.34. The first-order chi connectivity index (χ1) is 13.5. The van der Waals surface area contributed by atoms with Gasteiger partial charge < -0.3 is 19.7 Å². The monoisotopic (exact) mass is 382 g/mol. The Morgan fingerprint density at radius 1 is 1.14 bits per heavy atom. The van der Waals surface area contributed by atoms with E-state index in [1.807, 2.05) is 49.4 Å². The maximum atomic E-state index is 12.7. The molecule has 2 amide bonds. The first-order valence-electron chi connectivity index (χ1n) is 9.37. The maximum absolute atomic E-state index is 12.7. The average Bonchev–Trinajstić information content (AvgIpc) is 3.07. The molecule has 6 heteroatoms. The highest BCUT2D eigenvalue weighted by Crippen LogP contribution is 2.27. The van der Waals surface area contributed by atoms with E-state index in [4.69, 9.17) is 9.47 Å². The number of aryl methyl sites for hydroxylation is 1. The van der Waals surface area contributed by atoms with Crippen LogP contribution in [-0.4, -0.2) is 44.0 Å². The number of para-hydroxylation sites is 1. The molecule has 1 fully saturated rings. The number of amides is 2. The zero-order valence-corrected chi connectivity index (χ0v) is 16.5. The lowest BCUT2D eigenvalue weighted by Gasteiger charge is -2.18. The number of ether oxygens (including phenoxy) is 2. The van der Waals surface area contributed by atoms with Gasteiger partial charge in [0.1, 0.15) is 11.5 Å². The summed E-state index contributed by atoms with van der Waals surface area (Å²) in [6, 6.07) is 13.4. The van der Waals surface area contributed by atoms with Crippen LogP contribution in [-0.2, 0) is 16.0 Å². The maximum Gasteiger partial charge on any atom is 0.229 e. The molecule has 0 saturated carbocycles. The molecule has 148 valence electrons. The number of nitrogens with zero attached hydrogens (tertiary/aromatic N) is 1. The summed E-state index contributed by atoms with van der Waals surface area (Å²) < 4.78 is 10.7. The lowest BCUT2D eigenvalue weighted by atomic mass is 10.1. The molecule has 1 N–H and O–H groups in total. The quantitative estimate of drug-likeness (QED) is 0.799. The molecular formula is C22H26N2O4. The first kappa shape index (κ1) is 19.7. The Labute approximate surface area is 165 Å². The minimum Gasteiger partial charge on any atom is -0.496 e. The van der Waals surface area contributed by atoms with E-state index >= 15 is 0 Å². The summed E-state index contributed by atoms with van der Waals surface area (Å²) in [6.07, 6.45) is 0.918. The van der Waals surface area contributed by atoms with Crippen LogP contribution in [0.1, 0.15) is 17.5 Å². The standard InChI is InChI=1S/C22H26N2O4/c1-15-8-9-20(28-3)18(12-15)23-22(26)17-13-21(25)24(14-17)11-10-16-6-4-5-7-19(16)27-2/h4-9,12,17H,10-11,13-14H2,1-3H3,(H,23,26). The molecule has 1 heterocycles. The van der Waals surface area contributed by atoms with Gasteiger partial charge in [0.15, 0.2) is 0 Å². The van der Waals surface area contributed by atoms with Gasteiger partial charge in [0, 0.05) is 19.5 Å². The Kier molecular flexibility index (Phi) is 6.19. The van der Waals surface area contributed by atoms with Crippen LogP contribution in [0.4, 0.5) is 5.69 Å². The summed E-state index contributed by atoms with van der Waals surface area (Å²) in [5.41, 5.74) is 2.71. The molecule has 6 nitrogen and oxygen atoms in total. The lowest BCUT2D eigenvalue weighted by Crippen LogP contribution is -2.30. The number of methoxy groups -OCH3 is 2. The van der Waals surface area contributed by atoms with Crippen LogP contribution in [0.5, 0.6) is 11.5 Å². The predicted octanol–water partition coefficient (Wildman–Crippen LogP) is 3.04. The summed E-state index contributed by atoms with van der Waals surface area (Å²) in [4.78, 5) is 26.8.